The average Bonchev–Trinajstić information content (AvgIpc) is 3.64. The Labute approximate surface area is 234 Å². The second-order valence-electron chi connectivity index (χ2n) is 10.7. The van der Waals surface area contributed by atoms with Gasteiger partial charge in [0.15, 0.2) is 11.5 Å². The molecular formula is C30H38N4O6. The highest BCUT2D eigenvalue weighted by Crippen LogP contribution is 2.43. The van der Waals surface area contributed by atoms with E-state index in [0.29, 0.717) is 57.1 Å². The molecule has 0 bridgehead atoms. The first-order chi connectivity index (χ1) is 19.4. The number of carboxylic acid groups (broad SMARTS) is 1. The van der Waals surface area contributed by atoms with Gasteiger partial charge in [-0.1, -0.05) is 37.6 Å². The summed E-state index contributed by atoms with van der Waals surface area (Å²) < 4.78 is 11.0. The predicted octanol–water partition coefficient (Wildman–Crippen LogP) is 2.45. The molecule has 3 heterocycles. The number of amides is 2. The lowest BCUT2D eigenvalue weighted by atomic mass is 9.84. The van der Waals surface area contributed by atoms with Gasteiger partial charge in [-0.3, -0.25) is 19.3 Å². The molecular weight excluding hydrogens is 512 g/mol. The number of carboxylic acids is 1. The fourth-order valence-electron chi connectivity index (χ4n) is 6.30. The Balaban J connectivity index is 1.42. The summed E-state index contributed by atoms with van der Waals surface area (Å²) in [4.78, 5) is 44.7. The topological polar surface area (TPSA) is 126 Å². The third-order valence-electron chi connectivity index (χ3n) is 8.30. The number of carbonyl (C=O) groups excluding carboxylic acids is 2. The van der Waals surface area contributed by atoms with E-state index in [2.05, 4.69) is 6.92 Å². The maximum absolute atomic E-state index is 13.5. The first-order valence-corrected chi connectivity index (χ1v) is 14.1. The summed E-state index contributed by atoms with van der Waals surface area (Å²) in [7, 11) is 0. The largest absolute Gasteiger partial charge is 0.481 e. The van der Waals surface area contributed by atoms with Crippen molar-refractivity contribution in [1.29, 1.82) is 0 Å². The molecule has 0 radical (unpaired) electrons. The third kappa shape index (κ3) is 5.64. The molecule has 3 N–H and O–H groups in total. The van der Waals surface area contributed by atoms with E-state index in [0.717, 1.165) is 29.7 Å². The zero-order chi connectivity index (χ0) is 28.2. The van der Waals surface area contributed by atoms with Crippen molar-refractivity contribution in [2.75, 3.05) is 51.0 Å². The van der Waals surface area contributed by atoms with Crippen molar-refractivity contribution in [1.82, 2.24) is 9.80 Å². The monoisotopic (exact) mass is 550 g/mol. The van der Waals surface area contributed by atoms with Gasteiger partial charge >= 0.3 is 5.97 Å². The maximum Gasteiger partial charge on any atom is 0.308 e. The molecule has 40 heavy (non-hydrogen) atoms. The summed E-state index contributed by atoms with van der Waals surface area (Å²) in [5, 5.41) is 10.5. The molecule has 1 saturated heterocycles. The summed E-state index contributed by atoms with van der Waals surface area (Å²) in [6.45, 7) is 4.55. The number of nitrogens with zero attached hydrogens (tertiary/aromatic N) is 3. The third-order valence-corrected chi connectivity index (χ3v) is 8.30. The molecule has 3 unspecified atom stereocenters. The molecule has 3 aliphatic rings. The molecule has 0 spiro atoms. The summed E-state index contributed by atoms with van der Waals surface area (Å²) in [6, 6.07) is 12.8. The van der Waals surface area contributed by atoms with Crippen LogP contribution >= 0.6 is 0 Å². The number of rotatable bonds is 12. The fourth-order valence-corrected chi connectivity index (χ4v) is 6.30. The number of likely N-dealkylation sites (tertiary alicyclic amines) is 1. The van der Waals surface area contributed by atoms with Crippen LogP contribution in [0.5, 0.6) is 11.5 Å². The van der Waals surface area contributed by atoms with E-state index in [4.69, 9.17) is 15.2 Å². The summed E-state index contributed by atoms with van der Waals surface area (Å²) in [6.07, 6.45) is 2.61. The number of hydrogen-bond donors (Lipinski definition) is 2. The van der Waals surface area contributed by atoms with Gasteiger partial charge < -0.3 is 30.1 Å². The highest BCUT2D eigenvalue weighted by atomic mass is 16.7. The number of aliphatic carboxylic acids is 1. The van der Waals surface area contributed by atoms with Gasteiger partial charge in [0.05, 0.1) is 18.9 Å². The zero-order valence-corrected chi connectivity index (χ0v) is 23.0. The van der Waals surface area contributed by atoms with Crippen LogP contribution in [0.15, 0.2) is 42.5 Å². The van der Waals surface area contributed by atoms with Gasteiger partial charge in [-0.05, 0) is 42.2 Å². The van der Waals surface area contributed by atoms with Gasteiger partial charge in [-0.15, -0.1) is 0 Å². The van der Waals surface area contributed by atoms with Crippen LogP contribution in [0.25, 0.3) is 0 Å². The SMILES string of the molecule is CCCCN(CCN)C(=O)CN1CC(c2ccc3c(c2)OCO3)C(C(=O)O)C1CCN1C(=O)Cc2ccccc21. The van der Waals surface area contributed by atoms with Crippen molar-refractivity contribution in [3.63, 3.8) is 0 Å². The number of benzene rings is 2. The Morgan fingerprint density at radius 3 is 2.70 bits per heavy atom. The van der Waals surface area contributed by atoms with E-state index in [1.54, 1.807) is 9.80 Å². The van der Waals surface area contributed by atoms with Gasteiger partial charge in [0.2, 0.25) is 18.6 Å². The minimum absolute atomic E-state index is 0.00899. The molecule has 2 amide bonds. The molecule has 10 nitrogen and oxygen atoms in total. The number of para-hydroxylation sites is 1. The predicted molar refractivity (Wildman–Crippen MR) is 149 cm³/mol. The molecule has 2 aromatic carbocycles. The number of ether oxygens (including phenoxy) is 2. The Hall–Kier alpha value is -3.63. The van der Waals surface area contributed by atoms with Crippen molar-refractivity contribution in [3.8, 4) is 11.5 Å². The van der Waals surface area contributed by atoms with E-state index in [1.165, 1.54) is 0 Å². The molecule has 0 saturated carbocycles. The van der Waals surface area contributed by atoms with Gasteiger partial charge in [-0.25, -0.2) is 0 Å². The van der Waals surface area contributed by atoms with Crippen LogP contribution in [0.2, 0.25) is 0 Å². The number of hydrogen-bond acceptors (Lipinski definition) is 7. The molecule has 0 aliphatic carbocycles. The second kappa shape index (κ2) is 12.3. The Morgan fingerprint density at radius 1 is 1.12 bits per heavy atom. The Kier molecular flexibility index (Phi) is 8.56. The number of nitrogens with two attached hydrogens (primary N) is 1. The average molecular weight is 551 g/mol. The van der Waals surface area contributed by atoms with Crippen LogP contribution in [0.1, 0.15) is 43.2 Å². The van der Waals surface area contributed by atoms with E-state index < -0.39 is 17.9 Å². The number of carbonyl (C=O) groups is 3. The van der Waals surface area contributed by atoms with Gasteiger partial charge in [-0.2, -0.15) is 0 Å². The minimum Gasteiger partial charge on any atom is -0.481 e. The molecule has 3 atom stereocenters. The van der Waals surface area contributed by atoms with Gasteiger partial charge in [0, 0.05) is 50.4 Å². The van der Waals surface area contributed by atoms with Crippen LogP contribution in [-0.2, 0) is 20.8 Å². The van der Waals surface area contributed by atoms with Crippen molar-refractivity contribution in [3.05, 3.63) is 53.6 Å². The molecule has 2 aromatic rings. The van der Waals surface area contributed by atoms with Crippen LogP contribution in [0, 0.1) is 5.92 Å². The zero-order valence-electron chi connectivity index (χ0n) is 23.0. The normalized spacial score (nSPS) is 21.6. The molecule has 5 rings (SSSR count). The number of anilines is 1. The smallest absolute Gasteiger partial charge is 0.308 e. The van der Waals surface area contributed by atoms with Gasteiger partial charge in [0.25, 0.3) is 0 Å². The van der Waals surface area contributed by atoms with E-state index in [9.17, 15) is 19.5 Å². The highest BCUT2D eigenvalue weighted by molar-refractivity contribution is 6.01. The summed E-state index contributed by atoms with van der Waals surface area (Å²) in [5.74, 6) is -0.848. The Bertz CT molecular complexity index is 1250. The van der Waals surface area contributed by atoms with E-state index in [1.807, 2.05) is 47.4 Å². The van der Waals surface area contributed by atoms with Crippen molar-refractivity contribution < 1.29 is 29.0 Å². The van der Waals surface area contributed by atoms with Crippen LogP contribution in [-0.4, -0.2) is 84.8 Å². The quantitative estimate of drug-likeness (QED) is 0.413. The fraction of sp³-hybridized carbons (Fsp3) is 0.500. The molecule has 10 heteroatoms. The van der Waals surface area contributed by atoms with Crippen molar-refractivity contribution in [2.45, 2.75) is 44.6 Å². The first-order valence-electron chi connectivity index (χ1n) is 14.1. The number of unbranched alkanes of at least 4 members (excludes halogenated alkanes) is 1. The molecule has 214 valence electrons. The molecule has 3 aliphatic heterocycles. The van der Waals surface area contributed by atoms with Gasteiger partial charge in [0.1, 0.15) is 0 Å². The van der Waals surface area contributed by atoms with E-state index in [-0.39, 0.29) is 31.1 Å². The van der Waals surface area contributed by atoms with Crippen LogP contribution in [0.3, 0.4) is 0 Å². The lowest BCUT2D eigenvalue weighted by molar-refractivity contribution is -0.143. The highest BCUT2D eigenvalue weighted by Gasteiger charge is 2.47. The lowest BCUT2D eigenvalue weighted by Crippen LogP contribution is -2.46. The van der Waals surface area contributed by atoms with Crippen molar-refractivity contribution in [2.24, 2.45) is 11.7 Å². The molecule has 1 fully saturated rings. The Morgan fingerprint density at radius 2 is 1.93 bits per heavy atom. The minimum atomic E-state index is -0.916. The summed E-state index contributed by atoms with van der Waals surface area (Å²) >= 11 is 0. The second-order valence-corrected chi connectivity index (χ2v) is 10.7. The lowest BCUT2D eigenvalue weighted by Gasteiger charge is -2.30. The summed E-state index contributed by atoms with van der Waals surface area (Å²) in [5.41, 5.74) is 8.50. The molecule has 0 aromatic heterocycles. The maximum atomic E-state index is 13.5. The van der Waals surface area contributed by atoms with E-state index >= 15 is 0 Å². The van der Waals surface area contributed by atoms with Crippen LogP contribution in [0.4, 0.5) is 5.69 Å². The first kappa shape index (κ1) is 27.9. The van der Waals surface area contributed by atoms with Crippen molar-refractivity contribution >= 4 is 23.5 Å². The number of fused-ring (bicyclic) bond motifs is 2. The van der Waals surface area contributed by atoms with Crippen LogP contribution < -0.4 is 20.1 Å². The standard InChI is InChI=1S/C30H38N4O6/c1-2-3-12-32(14-11-31)28(36)18-33-17-22(20-8-9-25-26(15-20)40-19-39-25)29(30(37)38)24(33)10-13-34-23-7-5-4-6-21(23)16-27(34)35/h4-9,15,22,24,29H,2-3,10-14,16-19,31H2,1H3,(H,37,38).